The number of likely N-dealkylation sites (tertiary alicyclic amines) is 1. The van der Waals surface area contributed by atoms with Crippen molar-refractivity contribution in [3.05, 3.63) is 47.4 Å². The molecule has 10 nitrogen and oxygen atoms in total. The molecule has 3 aliphatic rings. The quantitative estimate of drug-likeness (QED) is 0.418. The van der Waals surface area contributed by atoms with Gasteiger partial charge in [0.1, 0.15) is 17.6 Å². The van der Waals surface area contributed by atoms with E-state index >= 15 is 0 Å². The van der Waals surface area contributed by atoms with Gasteiger partial charge >= 0.3 is 0 Å². The zero-order valence-electron chi connectivity index (χ0n) is 20.7. The Morgan fingerprint density at radius 3 is 2.72 bits per heavy atom. The van der Waals surface area contributed by atoms with E-state index in [4.69, 9.17) is 10.00 Å². The molecule has 5 rings (SSSR count). The first-order valence-electron chi connectivity index (χ1n) is 12.8. The summed E-state index contributed by atoms with van der Waals surface area (Å²) in [5.74, 6) is 2.80. The van der Waals surface area contributed by atoms with Gasteiger partial charge < -0.3 is 20.3 Å². The van der Waals surface area contributed by atoms with E-state index in [-0.39, 0.29) is 12.2 Å². The van der Waals surface area contributed by atoms with Crippen LogP contribution < -0.4 is 26.2 Å². The summed E-state index contributed by atoms with van der Waals surface area (Å²) in [6, 6.07) is 8.43. The number of piperidine rings is 1. The van der Waals surface area contributed by atoms with Gasteiger partial charge in [0.25, 0.3) is 0 Å². The molecule has 4 N–H and O–H groups in total. The van der Waals surface area contributed by atoms with Gasteiger partial charge in [-0.15, -0.1) is 0 Å². The lowest BCUT2D eigenvalue weighted by atomic mass is 9.96. The van der Waals surface area contributed by atoms with E-state index in [2.05, 4.69) is 54.6 Å². The first-order valence-corrected chi connectivity index (χ1v) is 12.8. The Bertz CT molecular complexity index is 1090. The van der Waals surface area contributed by atoms with Crippen LogP contribution in [0.5, 0.6) is 5.75 Å². The van der Waals surface area contributed by atoms with E-state index in [1.807, 2.05) is 6.07 Å². The van der Waals surface area contributed by atoms with Crippen LogP contribution in [-0.4, -0.2) is 53.7 Å². The van der Waals surface area contributed by atoms with Crippen LogP contribution in [-0.2, 0) is 11.3 Å². The third kappa shape index (κ3) is 5.93. The zero-order chi connectivity index (χ0) is 24.9. The monoisotopic (exact) mass is 490 g/mol. The average molecular weight is 491 g/mol. The molecule has 2 aliphatic heterocycles. The number of hydrogen-bond acceptors (Lipinski definition) is 9. The molecule has 1 saturated carbocycles. The number of carbonyl (C=O) groups excluding carboxylic acids is 1. The molecule has 1 aromatic heterocycles. The fourth-order valence-corrected chi connectivity index (χ4v) is 5.01. The largest absolute Gasteiger partial charge is 0.496 e. The molecule has 0 bridgehead atoms. The lowest BCUT2D eigenvalue weighted by Crippen LogP contribution is -2.41. The number of carbonyl (C=O) groups is 1. The predicted molar refractivity (Wildman–Crippen MR) is 135 cm³/mol. The summed E-state index contributed by atoms with van der Waals surface area (Å²) in [6.07, 6.45) is 8.10. The molecule has 0 spiro atoms. The van der Waals surface area contributed by atoms with Gasteiger partial charge in [0.05, 0.1) is 31.7 Å². The predicted octanol–water partition coefficient (Wildman–Crippen LogP) is 2.07. The molecule has 0 radical (unpaired) electrons. The number of nitrogens with one attached hydrogen (secondary N) is 4. The summed E-state index contributed by atoms with van der Waals surface area (Å²) in [5.41, 5.74) is 9.16. The molecule has 1 aliphatic carbocycles. The molecular formula is C26H34N8O2. The highest BCUT2D eigenvalue weighted by Crippen LogP contribution is 2.33. The number of aromatic nitrogens is 2. The van der Waals surface area contributed by atoms with Crippen LogP contribution in [0.2, 0.25) is 0 Å². The first-order chi connectivity index (χ1) is 17.6. The topological polar surface area (TPSA) is 127 Å². The number of rotatable bonds is 9. The van der Waals surface area contributed by atoms with E-state index < -0.39 is 0 Å². The number of ether oxygens (including phenoxy) is 1. The smallest absolute Gasteiger partial charge is 0.225 e. The van der Waals surface area contributed by atoms with Crippen LogP contribution in [0.3, 0.4) is 0 Å². The maximum Gasteiger partial charge on any atom is 0.225 e. The van der Waals surface area contributed by atoms with Gasteiger partial charge in [0, 0.05) is 37.5 Å². The second-order valence-electron chi connectivity index (χ2n) is 9.92. The molecule has 2 unspecified atom stereocenters. The first kappa shape index (κ1) is 24.4. The third-order valence-corrected chi connectivity index (χ3v) is 7.28. The van der Waals surface area contributed by atoms with E-state index in [0.717, 1.165) is 69.6 Å². The fraction of sp³-hybridized carbons (Fsp3) is 0.538. The lowest BCUT2D eigenvalue weighted by molar-refractivity contribution is -0.133. The van der Waals surface area contributed by atoms with Crippen molar-refractivity contribution in [1.82, 2.24) is 31.0 Å². The van der Waals surface area contributed by atoms with Gasteiger partial charge in [-0.1, -0.05) is 12.1 Å². The molecule has 10 heteroatoms. The summed E-state index contributed by atoms with van der Waals surface area (Å²) < 4.78 is 5.73. The van der Waals surface area contributed by atoms with Crippen LogP contribution in [0.1, 0.15) is 55.0 Å². The molecule has 2 atom stereocenters. The number of nitrogens with zero attached hydrogens (tertiary/aromatic N) is 4. The molecular weight excluding hydrogens is 456 g/mol. The molecule has 2 aromatic rings. The minimum Gasteiger partial charge on any atom is -0.496 e. The Hall–Kier alpha value is -3.26. The number of methoxy groups -OCH3 is 1. The van der Waals surface area contributed by atoms with Crippen molar-refractivity contribution in [2.75, 3.05) is 32.1 Å². The van der Waals surface area contributed by atoms with Crippen molar-refractivity contribution >= 4 is 11.7 Å². The molecule has 1 aromatic carbocycles. The van der Waals surface area contributed by atoms with Gasteiger partial charge in [-0.2, -0.15) is 5.26 Å². The van der Waals surface area contributed by atoms with E-state index in [9.17, 15) is 4.79 Å². The highest BCUT2D eigenvalue weighted by atomic mass is 16.5. The molecule has 36 heavy (non-hydrogen) atoms. The van der Waals surface area contributed by atoms with Crippen molar-refractivity contribution in [2.24, 2.45) is 11.8 Å². The van der Waals surface area contributed by atoms with Crippen LogP contribution in [0.25, 0.3) is 0 Å². The second-order valence-corrected chi connectivity index (χ2v) is 9.92. The summed E-state index contributed by atoms with van der Waals surface area (Å²) >= 11 is 0. The molecule has 1 amide bonds. The Balaban J connectivity index is 1.09. The number of anilines is 1. The van der Waals surface area contributed by atoms with Crippen LogP contribution in [0.15, 0.2) is 30.6 Å². The van der Waals surface area contributed by atoms with Gasteiger partial charge in [-0.05, 0) is 49.8 Å². The zero-order valence-corrected chi connectivity index (χ0v) is 20.7. The Labute approximate surface area is 211 Å². The van der Waals surface area contributed by atoms with Crippen LogP contribution >= 0.6 is 0 Å². The Morgan fingerprint density at radius 2 is 2.03 bits per heavy atom. The molecule has 3 fully saturated rings. The highest BCUT2D eigenvalue weighted by molar-refractivity contribution is 5.81. The minimum atomic E-state index is -0.0331. The minimum absolute atomic E-state index is 0.0331. The molecule has 190 valence electrons. The number of amides is 1. The fourth-order valence-electron chi connectivity index (χ4n) is 5.01. The van der Waals surface area contributed by atoms with E-state index in [1.54, 1.807) is 13.3 Å². The SMILES string of the molecule is COc1cc(CNCC2CCN(C(=O)C3CC3)CC2)ccc1C1CC(Nc2cnc(C#N)cn2)NN1. The summed E-state index contributed by atoms with van der Waals surface area (Å²) in [7, 11) is 1.71. The van der Waals surface area contributed by atoms with Crippen molar-refractivity contribution in [3.63, 3.8) is 0 Å². The highest BCUT2D eigenvalue weighted by Gasteiger charge is 2.34. The standard InChI is InChI=1S/C26H34N8O2/c1-36-23-10-18(14-28-13-17-6-8-34(9-7-17)26(35)19-3-4-19)2-5-21(23)22-11-24(33-32-22)31-25-16-29-20(12-27)15-30-25/h2,5,10,15-17,19,22,24,28,32-33H,3-4,6-9,11,13-14H2,1H3,(H,30,31). The average Bonchev–Trinajstić information content (AvgIpc) is 3.67. The summed E-state index contributed by atoms with van der Waals surface area (Å²) in [5, 5.41) is 15.8. The third-order valence-electron chi connectivity index (χ3n) is 7.28. The van der Waals surface area contributed by atoms with Crippen molar-refractivity contribution in [2.45, 2.75) is 50.9 Å². The maximum atomic E-state index is 12.2. The molecule has 2 saturated heterocycles. The Kier molecular flexibility index (Phi) is 7.60. The summed E-state index contributed by atoms with van der Waals surface area (Å²) in [4.78, 5) is 22.6. The Morgan fingerprint density at radius 1 is 1.19 bits per heavy atom. The molecule has 3 heterocycles. The van der Waals surface area contributed by atoms with Crippen molar-refractivity contribution in [3.8, 4) is 11.8 Å². The maximum absolute atomic E-state index is 12.2. The number of hydrogen-bond donors (Lipinski definition) is 4. The van der Waals surface area contributed by atoms with Gasteiger partial charge in [0.15, 0.2) is 5.69 Å². The number of benzene rings is 1. The van der Waals surface area contributed by atoms with Crippen LogP contribution in [0, 0.1) is 23.2 Å². The summed E-state index contributed by atoms with van der Waals surface area (Å²) in [6.45, 7) is 3.56. The normalized spacial score (nSPS) is 22.3. The van der Waals surface area contributed by atoms with Crippen molar-refractivity contribution < 1.29 is 9.53 Å². The van der Waals surface area contributed by atoms with Gasteiger partial charge in [-0.3, -0.25) is 4.79 Å². The van der Waals surface area contributed by atoms with Crippen molar-refractivity contribution in [1.29, 1.82) is 5.26 Å². The second kappa shape index (κ2) is 11.2. The van der Waals surface area contributed by atoms with E-state index in [0.29, 0.717) is 29.3 Å². The van der Waals surface area contributed by atoms with E-state index in [1.165, 1.54) is 11.8 Å². The number of nitriles is 1. The van der Waals surface area contributed by atoms with Crippen LogP contribution in [0.4, 0.5) is 5.82 Å². The van der Waals surface area contributed by atoms with Gasteiger partial charge in [0.2, 0.25) is 5.91 Å². The lowest BCUT2D eigenvalue weighted by Gasteiger charge is -2.32. The number of hydrazine groups is 1. The van der Waals surface area contributed by atoms with Gasteiger partial charge in [-0.25, -0.2) is 20.8 Å².